The monoisotopic (exact) mass is 362 g/mol. The van der Waals surface area contributed by atoms with E-state index in [2.05, 4.69) is 21.2 Å². The van der Waals surface area contributed by atoms with Gasteiger partial charge in [0.1, 0.15) is 0 Å². The number of benzene rings is 2. The zero-order valence-corrected chi connectivity index (χ0v) is 13.3. The maximum atomic E-state index is 10.6. The molecule has 0 aliphatic heterocycles. The fourth-order valence-electron chi connectivity index (χ4n) is 2.07. The molecule has 4 N–H and O–H groups in total. The van der Waals surface area contributed by atoms with E-state index in [-0.39, 0.29) is 5.69 Å². The summed E-state index contributed by atoms with van der Waals surface area (Å²) in [6.07, 6.45) is 1.93. The van der Waals surface area contributed by atoms with Crippen LogP contribution in [0.25, 0.3) is 0 Å². The zero-order valence-electron chi connectivity index (χ0n) is 11.7. The van der Waals surface area contributed by atoms with Crippen LogP contribution in [-0.2, 0) is 6.42 Å². The average Bonchev–Trinajstić information content (AvgIpc) is 2.47. The van der Waals surface area contributed by atoms with Crippen molar-refractivity contribution in [2.24, 2.45) is 0 Å². The van der Waals surface area contributed by atoms with Crippen LogP contribution < -0.4 is 11.1 Å². The molecular formula is C15H15BrN4O2. The van der Waals surface area contributed by atoms with Crippen LogP contribution in [0.4, 0.5) is 17.1 Å². The van der Waals surface area contributed by atoms with Gasteiger partial charge in [0.15, 0.2) is 0 Å². The second kappa shape index (κ2) is 7.04. The average molecular weight is 363 g/mol. The van der Waals surface area contributed by atoms with Crippen molar-refractivity contribution in [2.75, 3.05) is 17.6 Å². The molecular weight excluding hydrogens is 348 g/mol. The summed E-state index contributed by atoms with van der Waals surface area (Å²) in [5.41, 5.74) is 8.92. The maximum absolute atomic E-state index is 10.6. The van der Waals surface area contributed by atoms with Gasteiger partial charge in [0.2, 0.25) is 0 Å². The smallest absolute Gasteiger partial charge is 0.269 e. The SMILES string of the molecule is N=Cc1c(N)cc(Br)cc1NCCc1ccc([N+](=O)[O-])cc1. The third-order valence-corrected chi connectivity index (χ3v) is 3.66. The molecule has 0 fully saturated rings. The van der Waals surface area contributed by atoms with Gasteiger partial charge in [-0.3, -0.25) is 10.1 Å². The molecule has 2 rings (SSSR count). The molecule has 2 aromatic carbocycles. The molecule has 0 aliphatic carbocycles. The summed E-state index contributed by atoms with van der Waals surface area (Å²) in [5.74, 6) is 0. The van der Waals surface area contributed by atoms with E-state index < -0.39 is 4.92 Å². The van der Waals surface area contributed by atoms with Crippen LogP contribution in [0.5, 0.6) is 0 Å². The molecule has 0 amide bonds. The molecule has 0 unspecified atom stereocenters. The second-order valence-electron chi connectivity index (χ2n) is 4.70. The van der Waals surface area contributed by atoms with Crippen LogP contribution >= 0.6 is 15.9 Å². The van der Waals surface area contributed by atoms with Gasteiger partial charge >= 0.3 is 0 Å². The van der Waals surface area contributed by atoms with E-state index in [9.17, 15) is 10.1 Å². The summed E-state index contributed by atoms with van der Waals surface area (Å²) >= 11 is 3.38. The lowest BCUT2D eigenvalue weighted by molar-refractivity contribution is -0.384. The second-order valence-corrected chi connectivity index (χ2v) is 5.62. The van der Waals surface area contributed by atoms with Crippen molar-refractivity contribution in [3.8, 4) is 0 Å². The van der Waals surface area contributed by atoms with Crippen molar-refractivity contribution >= 4 is 39.2 Å². The highest BCUT2D eigenvalue weighted by molar-refractivity contribution is 9.10. The Morgan fingerprint density at radius 2 is 2.00 bits per heavy atom. The highest BCUT2D eigenvalue weighted by atomic mass is 79.9. The lowest BCUT2D eigenvalue weighted by Crippen LogP contribution is -2.08. The predicted octanol–water partition coefficient (Wildman–Crippen LogP) is 3.59. The molecule has 7 heteroatoms. The molecule has 6 nitrogen and oxygen atoms in total. The van der Waals surface area contributed by atoms with Crippen LogP contribution in [0.2, 0.25) is 0 Å². The van der Waals surface area contributed by atoms with E-state index >= 15 is 0 Å². The number of nitro benzene ring substituents is 1. The number of rotatable bonds is 6. The van der Waals surface area contributed by atoms with Crippen LogP contribution in [0.15, 0.2) is 40.9 Å². The summed E-state index contributed by atoms with van der Waals surface area (Å²) < 4.78 is 0.841. The van der Waals surface area contributed by atoms with Crippen molar-refractivity contribution in [3.63, 3.8) is 0 Å². The first-order valence-corrected chi connectivity index (χ1v) is 7.37. The Morgan fingerprint density at radius 1 is 1.32 bits per heavy atom. The van der Waals surface area contributed by atoms with E-state index in [0.29, 0.717) is 24.2 Å². The number of hydrogen-bond donors (Lipinski definition) is 3. The van der Waals surface area contributed by atoms with E-state index in [1.54, 1.807) is 18.2 Å². The molecule has 0 aliphatic rings. The summed E-state index contributed by atoms with van der Waals surface area (Å²) in [6.45, 7) is 0.633. The lowest BCUT2D eigenvalue weighted by Gasteiger charge is -2.12. The number of nitrogen functional groups attached to an aromatic ring is 1. The molecule has 0 aromatic heterocycles. The quantitative estimate of drug-likeness (QED) is 0.316. The van der Waals surface area contributed by atoms with Gasteiger partial charge in [0.05, 0.1) is 4.92 Å². The zero-order chi connectivity index (χ0) is 16.1. The van der Waals surface area contributed by atoms with Crippen molar-refractivity contribution in [2.45, 2.75) is 6.42 Å². The molecule has 0 radical (unpaired) electrons. The van der Waals surface area contributed by atoms with E-state index in [1.165, 1.54) is 18.3 Å². The molecule has 0 spiro atoms. The number of anilines is 2. The van der Waals surface area contributed by atoms with Crippen LogP contribution in [0.1, 0.15) is 11.1 Å². The van der Waals surface area contributed by atoms with E-state index in [4.69, 9.17) is 11.1 Å². The summed E-state index contributed by atoms with van der Waals surface area (Å²) in [4.78, 5) is 10.2. The number of nitro groups is 1. The molecule has 0 bridgehead atoms. The minimum atomic E-state index is -0.414. The van der Waals surface area contributed by atoms with Gasteiger partial charge in [0, 0.05) is 46.3 Å². The Bertz CT molecular complexity index is 701. The minimum Gasteiger partial charge on any atom is -0.398 e. The molecule has 0 saturated carbocycles. The first kappa shape index (κ1) is 16.0. The molecule has 2 aromatic rings. The van der Waals surface area contributed by atoms with Crippen LogP contribution in [0, 0.1) is 15.5 Å². The van der Waals surface area contributed by atoms with Gasteiger partial charge in [0.25, 0.3) is 5.69 Å². The molecule has 0 atom stereocenters. The minimum absolute atomic E-state index is 0.0857. The maximum Gasteiger partial charge on any atom is 0.269 e. The Morgan fingerprint density at radius 3 is 2.59 bits per heavy atom. The third-order valence-electron chi connectivity index (χ3n) is 3.20. The van der Waals surface area contributed by atoms with Gasteiger partial charge in [-0.2, -0.15) is 0 Å². The van der Waals surface area contributed by atoms with Crippen molar-refractivity contribution in [3.05, 3.63) is 62.1 Å². The summed E-state index contributed by atoms with van der Waals surface area (Å²) in [5, 5.41) is 21.3. The number of nitrogens with zero attached hydrogens (tertiary/aromatic N) is 1. The first-order valence-electron chi connectivity index (χ1n) is 6.58. The Labute approximate surface area is 136 Å². The fraction of sp³-hybridized carbons (Fsp3) is 0.133. The van der Waals surface area contributed by atoms with Gasteiger partial charge in [-0.05, 0) is 24.1 Å². The number of nitrogens with two attached hydrogens (primary N) is 1. The summed E-state index contributed by atoms with van der Waals surface area (Å²) in [7, 11) is 0. The predicted molar refractivity (Wildman–Crippen MR) is 91.7 cm³/mol. The van der Waals surface area contributed by atoms with Crippen molar-refractivity contribution in [1.29, 1.82) is 5.41 Å². The fourth-order valence-corrected chi connectivity index (χ4v) is 2.55. The molecule has 0 heterocycles. The number of hydrogen-bond acceptors (Lipinski definition) is 5. The van der Waals surface area contributed by atoms with Gasteiger partial charge in [-0.15, -0.1) is 0 Å². The van der Waals surface area contributed by atoms with E-state index in [0.717, 1.165) is 15.7 Å². The normalized spacial score (nSPS) is 10.2. The number of halogens is 1. The van der Waals surface area contributed by atoms with Crippen LogP contribution in [0.3, 0.4) is 0 Å². The van der Waals surface area contributed by atoms with Crippen molar-refractivity contribution in [1.82, 2.24) is 0 Å². The Balaban J connectivity index is 2.02. The Kier molecular flexibility index (Phi) is 5.11. The lowest BCUT2D eigenvalue weighted by atomic mass is 10.1. The summed E-state index contributed by atoms with van der Waals surface area (Å²) in [6, 6.07) is 10.1. The van der Waals surface area contributed by atoms with Gasteiger partial charge in [-0.25, -0.2) is 0 Å². The van der Waals surface area contributed by atoms with E-state index in [1.807, 2.05) is 6.07 Å². The van der Waals surface area contributed by atoms with Gasteiger partial charge < -0.3 is 16.5 Å². The standard InChI is InChI=1S/C15H15BrN4O2/c16-11-7-14(18)13(9-17)15(8-11)19-6-5-10-1-3-12(4-2-10)20(21)22/h1-4,7-9,17,19H,5-6,18H2. The number of nitrogens with one attached hydrogen (secondary N) is 2. The topological polar surface area (TPSA) is 105 Å². The number of non-ortho nitro benzene ring substituents is 1. The van der Waals surface area contributed by atoms with Crippen LogP contribution in [-0.4, -0.2) is 17.7 Å². The molecule has 114 valence electrons. The Hall–Kier alpha value is -2.41. The van der Waals surface area contributed by atoms with Gasteiger partial charge in [-0.1, -0.05) is 28.1 Å². The van der Waals surface area contributed by atoms with Crippen molar-refractivity contribution < 1.29 is 4.92 Å². The molecule has 22 heavy (non-hydrogen) atoms. The first-order chi connectivity index (χ1) is 10.5. The third kappa shape index (κ3) is 3.82. The highest BCUT2D eigenvalue weighted by Gasteiger charge is 2.07. The molecule has 0 saturated heterocycles. The largest absolute Gasteiger partial charge is 0.398 e. The highest BCUT2D eigenvalue weighted by Crippen LogP contribution is 2.26.